The van der Waals surface area contributed by atoms with Crippen LogP contribution >= 0.6 is 0 Å². The van der Waals surface area contributed by atoms with Crippen molar-refractivity contribution in [1.29, 1.82) is 0 Å². The van der Waals surface area contributed by atoms with Crippen molar-refractivity contribution in [2.24, 2.45) is 0 Å². The molecule has 132 valence electrons. The second kappa shape index (κ2) is 7.47. The number of hydrogen-bond donors (Lipinski definition) is 1. The highest BCUT2D eigenvalue weighted by molar-refractivity contribution is 5.94. The van der Waals surface area contributed by atoms with Gasteiger partial charge in [0.15, 0.2) is 11.5 Å². The normalized spacial score (nSPS) is 14.1. The molecule has 3 rings (SSSR count). The highest BCUT2D eigenvalue weighted by Crippen LogP contribution is 2.32. The number of carbonyl (C=O) groups is 1. The van der Waals surface area contributed by atoms with Crippen molar-refractivity contribution < 1.29 is 19.0 Å². The summed E-state index contributed by atoms with van der Waals surface area (Å²) in [6, 6.07) is 12.7. The molecule has 0 saturated heterocycles. The Balaban J connectivity index is 1.66. The summed E-state index contributed by atoms with van der Waals surface area (Å²) in [6.45, 7) is 6.99. The van der Waals surface area contributed by atoms with Crippen molar-refractivity contribution in [3.8, 4) is 17.2 Å². The Morgan fingerprint density at radius 2 is 1.68 bits per heavy atom. The Labute approximate surface area is 147 Å². The van der Waals surface area contributed by atoms with Crippen LogP contribution < -0.4 is 19.5 Å². The van der Waals surface area contributed by atoms with Gasteiger partial charge < -0.3 is 19.5 Å². The molecule has 5 heteroatoms. The first-order valence-electron chi connectivity index (χ1n) is 8.50. The largest absolute Gasteiger partial charge is 0.491 e. The first kappa shape index (κ1) is 17.1. The Morgan fingerprint density at radius 1 is 1.00 bits per heavy atom. The van der Waals surface area contributed by atoms with Gasteiger partial charge in [-0.1, -0.05) is 6.07 Å². The van der Waals surface area contributed by atoms with E-state index in [2.05, 4.69) is 5.32 Å². The molecule has 1 unspecified atom stereocenters. The summed E-state index contributed by atoms with van der Waals surface area (Å²) in [6.07, 6.45) is 0.106. The highest BCUT2D eigenvalue weighted by Gasteiger charge is 2.16. The summed E-state index contributed by atoms with van der Waals surface area (Å²) in [4.78, 5) is 12.4. The molecule has 2 aromatic rings. The summed E-state index contributed by atoms with van der Waals surface area (Å²) < 4.78 is 16.7. The topological polar surface area (TPSA) is 56.8 Å². The Kier molecular flexibility index (Phi) is 5.12. The van der Waals surface area contributed by atoms with Crippen molar-refractivity contribution in [1.82, 2.24) is 5.32 Å². The molecule has 1 amide bonds. The number of amides is 1. The molecule has 0 aromatic heterocycles. The average molecular weight is 341 g/mol. The van der Waals surface area contributed by atoms with Crippen molar-refractivity contribution in [2.75, 3.05) is 13.2 Å². The van der Waals surface area contributed by atoms with Gasteiger partial charge in [0.2, 0.25) is 0 Å². The molecule has 5 nitrogen and oxygen atoms in total. The van der Waals surface area contributed by atoms with Crippen LogP contribution in [-0.4, -0.2) is 25.2 Å². The van der Waals surface area contributed by atoms with Crippen LogP contribution in [0.25, 0.3) is 0 Å². The SMILES string of the molecule is CC(C)Oc1ccc(C(=O)NC(C)c2ccc3c(c2)OCCO3)cc1. The van der Waals surface area contributed by atoms with Gasteiger partial charge in [-0.3, -0.25) is 4.79 Å². The Hall–Kier alpha value is -2.69. The number of ether oxygens (including phenoxy) is 3. The maximum Gasteiger partial charge on any atom is 0.251 e. The summed E-state index contributed by atoms with van der Waals surface area (Å²) in [7, 11) is 0. The van der Waals surface area contributed by atoms with Gasteiger partial charge in [0.25, 0.3) is 5.91 Å². The number of fused-ring (bicyclic) bond motifs is 1. The first-order chi connectivity index (χ1) is 12.0. The molecule has 1 atom stereocenters. The van der Waals surface area contributed by atoms with Crippen LogP contribution in [0.4, 0.5) is 0 Å². The monoisotopic (exact) mass is 341 g/mol. The number of carbonyl (C=O) groups excluding carboxylic acids is 1. The molecule has 2 aromatic carbocycles. The minimum absolute atomic E-state index is 0.106. The Bertz CT molecular complexity index is 740. The van der Waals surface area contributed by atoms with Crippen LogP contribution in [0.3, 0.4) is 0 Å². The molecule has 0 spiro atoms. The Morgan fingerprint density at radius 3 is 2.36 bits per heavy atom. The first-order valence-corrected chi connectivity index (χ1v) is 8.50. The van der Waals surface area contributed by atoms with Crippen molar-refractivity contribution >= 4 is 5.91 Å². The molecule has 0 fully saturated rings. The van der Waals surface area contributed by atoms with E-state index in [0.717, 1.165) is 22.8 Å². The zero-order chi connectivity index (χ0) is 17.8. The second-order valence-corrected chi connectivity index (χ2v) is 6.29. The van der Waals surface area contributed by atoms with Gasteiger partial charge in [0.1, 0.15) is 19.0 Å². The molecule has 0 bridgehead atoms. The summed E-state index contributed by atoms with van der Waals surface area (Å²) in [5, 5.41) is 3.00. The molecule has 0 saturated carbocycles. The molecule has 25 heavy (non-hydrogen) atoms. The van der Waals surface area contributed by atoms with E-state index in [1.165, 1.54) is 0 Å². The summed E-state index contributed by atoms with van der Waals surface area (Å²) >= 11 is 0. The summed E-state index contributed by atoms with van der Waals surface area (Å²) in [5.74, 6) is 2.10. The van der Waals surface area contributed by atoms with Gasteiger partial charge in [-0.05, 0) is 62.7 Å². The lowest BCUT2D eigenvalue weighted by atomic mass is 10.1. The van der Waals surface area contributed by atoms with Gasteiger partial charge in [-0.15, -0.1) is 0 Å². The van der Waals surface area contributed by atoms with Crippen LogP contribution in [0.1, 0.15) is 42.7 Å². The number of rotatable bonds is 5. The second-order valence-electron chi connectivity index (χ2n) is 6.29. The summed E-state index contributed by atoms with van der Waals surface area (Å²) in [5.41, 5.74) is 1.57. The third-order valence-electron chi connectivity index (χ3n) is 3.90. The van der Waals surface area contributed by atoms with Crippen LogP contribution in [-0.2, 0) is 0 Å². The molecule has 1 aliphatic heterocycles. The van der Waals surface area contributed by atoms with Gasteiger partial charge in [0.05, 0.1) is 12.1 Å². The van der Waals surface area contributed by atoms with E-state index in [1.54, 1.807) is 12.1 Å². The maximum absolute atomic E-state index is 12.4. The van der Waals surface area contributed by atoms with E-state index >= 15 is 0 Å². The zero-order valence-electron chi connectivity index (χ0n) is 14.7. The van der Waals surface area contributed by atoms with Gasteiger partial charge in [0, 0.05) is 5.56 Å². The van der Waals surface area contributed by atoms with Gasteiger partial charge in [-0.2, -0.15) is 0 Å². The maximum atomic E-state index is 12.4. The minimum Gasteiger partial charge on any atom is -0.491 e. The molecule has 1 N–H and O–H groups in total. The third kappa shape index (κ3) is 4.24. The van der Waals surface area contributed by atoms with E-state index in [0.29, 0.717) is 18.8 Å². The molecule has 1 aliphatic rings. The average Bonchev–Trinajstić information content (AvgIpc) is 2.61. The van der Waals surface area contributed by atoms with E-state index in [4.69, 9.17) is 14.2 Å². The quantitative estimate of drug-likeness (QED) is 0.900. The predicted molar refractivity (Wildman–Crippen MR) is 95.5 cm³/mol. The predicted octanol–water partition coefficient (Wildman–Crippen LogP) is 3.74. The van der Waals surface area contributed by atoms with E-state index in [9.17, 15) is 4.79 Å². The number of hydrogen-bond acceptors (Lipinski definition) is 4. The van der Waals surface area contributed by atoms with Gasteiger partial charge in [-0.25, -0.2) is 0 Å². The van der Waals surface area contributed by atoms with Crippen LogP contribution in [0.2, 0.25) is 0 Å². The fourth-order valence-electron chi connectivity index (χ4n) is 2.65. The van der Waals surface area contributed by atoms with Crippen molar-refractivity contribution in [3.63, 3.8) is 0 Å². The fraction of sp³-hybridized carbons (Fsp3) is 0.350. The van der Waals surface area contributed by atoms with Crippen LogP contribution in [0, 0.1) is 0 Å². The molecule has 0 radical (unpaired) electrons. The smallest absolute Gasteiger partial charge is 0.251 e. The van der Waals surface area contributed by atoms with Gasteiger partial charge >= 0.3 is 0 Å². The molecular weight excluding hydrogens is 318 g/mol. The van der Waals surface area contributed by atoms with E-state index in [-0.39, 0.29) is 18.1 Å². The number of nitrogens with one attached hydrogen (secondary N) is 1. The van der Waals surface area contributed by atoms with E-state index in [1.807, 2.05) is 51.1 Å². The van der Waals surface area contributed by atoms with E-state index < -0.39 is 0 Å². The lowest BCUT2D eigenvalue weighted by Crippen LogP contribution is -2.26. The number of benzene rings is 2. The van der Waals surface area contributed by atoms with Crippen molar-refractivity contribution in [2.45, 2.75) is 32.9 Å². The van der Waals surface area contributed by atoms with Crippen LogP contribution in [0.5, 0.6) is 17.2 Å². The lowest BCUT2D eigenvalue weighted by Gasteiger charge is -2.21. The molecular formula is C20H23NO4. The lowest BCUT2D eigenvalue weighted by molar-refractivity contribution is 0.0939. The van der Waals surface area contributed by atoms with Crippen molar-refractivity contribution in [3.05, 3.63) is 53.6 Å². The highest BCUT2D eigenvalue weighted by atomic mass is 16.6. The third-order valence-corrected chi connectivity index (χ3v) is 3.90. The van der Waals surface area contributed by atoms with Crippen LogP contribution in [0.15, 0.2) is 42.5 Å². The zero-order valence-corrected chi connectivity index (χ0v) is 14.7. The molecule has 0 aliphatic carbocycles. The standard InChI is InChI=1S/C20H23NO4/c1-13(2)25-17-7-4-15(5-8-17)20(22)21-14(3)16-6-9-18-19(12-16)24-11-10-23-18/h4-9,12-14H,10-11H2,1-3H3,(H,21,22). The minimum atomic E-state index is -0.144. The fourth-order valence-corrected chi connectivity index (χ4v) is 2.65. The molecule has 1 heterocycles.